The zero-order valence-electron chi connectivity index (χ0n) is 13.3. The molecule has 0 amide bonds. The summed E-state index contributed by atoms with van der Waals surface area (Å²) in [6.07, 6.45) is 2.22. The summed E-state index contributed by atoms with van der Waals surface area (Å²) in [5.74, 6) is 0.621. The van der Waals surface area contributed by atoms with E-state index >= 15 is 0 Å². The van der Waals surface area contributed by atoms with E-state index in [9.17, 15) is 4.79 Å². The Balaban J connectivity index is 2.87. The normalized spacial score (nSPS) is 23.8. The summed E-state index contributed by atoms with van der Waals surface area (Å²) in [7, 11) is 0. The Morgan fingerprint density at radius 2 is 1.79 bits per heavy atom. The first-order valence-electron chi connectivity index (χ1n) is 7.23. The van der Waals surface area contributed by atoms with Gasteiger partial charge in [0.2, 0.25) is 0 Å². The molecule has 1 unspecified atom stereocenters. The minimum Gasteiger partial charge on any atom is -0.298 e. The Bertz CT molecular complexity index is 535. The van der Waals surface area contributed by atoms with Crippen LogP contribution >= 0.6 is 0 Å². The van der Waals surface area contributed by atoms with Crippen molar-refractivity contribution in [3.63, 3.8) is 0 Å². The Morgan fingerprint density at radius 1 is 1.21 bits per heavy atom. The summed E-state index contributed by atoms with van der Waals surface area (Å²) in [6, 6.07) is 2.25. The highest BCUT2D eigenvalue weighted by Crippen LogP contribution is 2.50. The van der Waals surface area contributed by atoms with Crippen molar-refractivity contribution >= 4 is 6.29 Å². The SMILES string of the molecule is Cc1cc2c(c(C)c1C=O)C(C)(C)C(C)CC2(C)C. The van der Waals surface area contributed by atoms with Crippen LogP contribution in [0.25, 0.3) is 0 Å². The smallest absolute Gasteiger partial charge is 0.150 e. The first-order chi connectivity index (χ1) is 8.63. The van der Waals surface area contributed by atoms with Crippen LogP contribution in [-0.4, -0.2) is 6.29 Å². The molecular formula is C18H26O. The van der Waals surface area contributed by atoms with Gasteiger partial charge in [0.15, 0.2) is 6.29 Å². The number of hydrogen-bond donors (Lipinski definition) is 0. The minimum absolute atomic E-state index is 0.139. The van der Waals surface area contributed by atoms with Gasteiger partial charge in [0.1, 0.15) is 0 Å². The largest absolute Gasteiger partial charge is 0.298 e. The van der Waals surface area contributed by atoms with Gasteiger partial charge >= 0.3 is 0 Å². The maximum absolute atomic E-state index is 11.4. The molecule has 2 rings (SSSR count). The molecule has 1 aliphatic rings. The molecule has 0 saturated carbocycles. The number of aldehydes is 1. The lowest BCUT2D eigenvalue weighted by Gasteiger charge is -2.47. The Hall–Kier alpha value is -1.11. The third-order valence-corrected chi connectivity index (χ3v) is 5.37. The monoisotopic (exact) mass is 258 g/mol. The molecule has 0 fully saturated rings. The number of hydrogen-bond acceptors (Lipinski definition) is 1. The van der Waals surface area contributed by atoms with Crippen molar-refractivity contribution in [3.8, 4) is 0 Å². The van der Waals surface area contributed by atoms with Gasteiger partial charge in [-0.1, -0.05) is 40.7 Å². The van der Waals surface area contributed by atoms with Gasteiger partial charge in [-0.3, -0.25) is 4.79 Å². The van der Waals surface area contributed by atoms with Crippen LogP contribution in [0.3, 0.4) is 0 Å². The molecule has 104 valence electrons. The van der Waals surface area contributed by atoms with Crippen molar-refractivity contribution in [1.29, 1.82) is 0 Å². The van der Waals surface area contributed by atoms with Crippen LogP contribution in [0.15, 0.2) is 6.07 Å². The fourth-order valence-electron chi connectivity index (χ4n) is 3.92. The Kier molecular flexibility index (Phi) is 3.16. The molecule has 0 aromatic heterocycles. The number of fused-ring (bicyclic) bond motifs is 1. The van der Waals surface area contributed by atoms with Crippen molar-refractivity contribution in [2.45, 2.75) is 65.7 Å². The van der Waals surface area contributed by atoms with Crippen molar-refractivity contribution in [1.82, 2.24) is 0 Å². The molecule has 1 aromatic carbocycles. The predicted molar refractivity (Wildman–Crippen MR) is 81.1 cm³/mol. The van der Waals surface area contributed by atoms with Crippen molar-refractivity contribution in [2.24, 2.45) is 5.92 Å². The van der Waals surface area contributed by atoms with E-state index in [1.165, 1.54) is 23.1 Å². The minimum atomic E-state index is 0.139. The van der Waals surface area contributed by atoms with Gasteiger partial charge in [-0.2, -0.15) is 0 Å². The van der Waals surface area contributed by atoms with E-state index in [1.807, 2.05) is 0 Å². The van der Waals surface area contributed by atoms with E-state index in [0.717, 1.165) is 17.4 Å². The van der Waals surface area contributed by atoms with Gasteiger partial charge in [0.25, 0.3) is 0 Å². The summed E-state index contributed by atoms with van der Waals surface area (Å²) < 4.78 is 0. The second-order valence-corrected chi connectivity index (χ2v) is 7.48. The molecule has 0 radical (unpaired) electrons. The number of benzene rings is 1. The second kappa shape index (κ2) is 4.19. The summed E-state index contributed by atoms with van der Waals surface area (Å²) in [4.78, 5) is 11.4. The van der Waals surface area contributed by atoms with Gasteiger partial charge < -0.3 is 0 Å². The molecule has 19 heavy (non-hydrogen) atoms. The highest BCUT2D eigenvalue weighted by Gasteiger charge is 2.43. The Labute approximate surface area is 117 Å². The first-order valence-corrected chi connectivity index (χ1v) is 7.23. The molecule has 1 atom stereocenters. The molecule has 0 aliphatic heterocycles. The lowest BCUT2D eigenvalue weighted by atomic mass is 9.57. The average Bonchev–Trinajstić information content (AvgIpc) is 2.26. The molecule has 1 aliphatic carbocycles. The third kappa shape index (κ3) is 1.94. The van der Waals surface area contributed by atoms with Gasteiger partial charge in [0, 0.05) is 5.56 Å². The van der Waals surface area contributed by atoms with Gasteiger partial charge in [0.05, 0.1) is 0 Å². The van der Waals surface area contributed by atoms with Crippen LogP contribution in [0.4, 0.5) is 0 Å². The van der Waals surface area contributed by atoms with Crippen molar-refractivity contribution < 1.29 is 4.79 Å². The lowest BCUT2D eigenvalue weighted by Crippen LogP contribution is -2.41. The standard InChI is InChI=1S/C18H26O/c1-11-8-15-16(13(3)14(11)10-19)18(6,7)12(2)9-17(15,4)5/h8,10,12H,9H2,1-7H3. The molecule has 0 saturated heterocycles. The molecule has 0 N–H and O–H groups in total. The first kappa shape index (κ1) is 14.3. The van der Waals surface area contributed by atoms with Crippen LogP contribution in [0.5, 0.6) is 0 Å². The third-order valence-electron chi connectivity index (χ3n) is 5.37. The topological polar surface area (TPSA) is 17.1 Å². The fraction of sp³-hybridized carbons (Fsp3) is 0.611. The van der Waals surface area contributed by atoms with Crippen molar-refractivity contribution in [2.75, 3.05) is 0 Å². The maximum Gasteiger partial charge on any atom is 0.150 e. The number of rotatable bonds is 1. The summed E-state index contributed by atoms with van der Waals surface area (Å²) >= 11 is 0. The highest BCUT2D eigenvalue weighted by atomic mass is 16.1. The molecular weight excluding hydrogens is 232 g/mol. The molecule has 0 spiro atoms. The van der Waals surface area contributed by atoms with Gasteiger partial charge in [-0.05, 0) is 59.3 Å². The van der Waals surface area contributed by atoms with Gasteiger partial charge in [-0.15, -0.1) is 0 Å². The van der Waals surface area contributed by atoms with Crippen LogP contribution in [0, 0.1) is 19.8 Å². The molecule has 1 aromatic rings. The van der Waals surface area contributed by atoms with E-state index in [2.05, 4.69) is 54.5 Å². The number of aryl methyl sites for hydroxylation is 1. The number of carbonyl (C=O) groups is 1. The second-order valence-electron chi connectivity index (χ2n) is 7.48. The lowest BCUT2D eigenvalue weighted by molar-refractivity contribution is 0.112. The highest BCUT2D eigenvalue weighted by molar-refractivity contribution is 5.81. The molecule has 0 bridgehead atoms. The van der Waals surface area contributed by atoms with Crippen LogP contribution in [0.2, 0.25) is 0 Å². The van der Waals surface area contributed by atoms with E-state index in [-0.39, 0.29) is 10.8 Å². The summed E-state index contributed by atoms with van der Waals surface area (Å²) in [5, 5.41) is 0. The summed E-state index contributed by atoms with van der Waals surface area (Å²) in [5.41, 5.74) is 6.37. The number of carbonyl (C=O) groups excluding carboxylic acids is 1. The van der Waals surface area contributed by atoms with E-state index in [1.54, 1.807) is 0 Å². The van der Waals surface area contributed by atoms with E-state index in [0.29, 0.717) is 5.92 Å². The maximum atomic E-state index is 11.4. The Morgan fingerprint density at radius 3 is 2.32 bits per heavy atom. The van der Waals surface area contributed by atoms with Crippen molar-refractivity contribution in [3.05, 3.63) is 33.9 Å². The van der Waals surface area contributed by atoms with Crippen LogP contribution in [0.1, 0.15) is 73.7 Å². The predicted octanol–water partition coefficient (Wildman–Crippen LogP) is 4.71. The van der Waals surface area contributed by atoms with Gasteiger partial charge in [-0.25, -0.2) is 0 Å². The zero-order chi connectivity index (χ0) is 14.6. The quantitative estimate of drug-likeness (QED) is 0.667. The molecule has 0 heterocycles. The van der Waals surface area contributed by atoms with Crippen LogP contribution in [-0.2, 0) is 10.8 Å². The van der Waals surface area contributed by atoms with E-state index in [4.69, 9.17) is 0 Å². The summed E-state index contributed by atoms with van der Waals surface area (Å²) in [6.45, 7) is 15.8. The molecule has 1 nitrogen and oxygen atoms in total. The zero-order valence-corrected chi connectivity index (χ0v) is 13.3. The van der Waals surface area contributed by atoms with Crippen LogP contribution < -0.4 is 0 Å². The molecule has 1 heteroatoms. The van der Waals surface area contributed by atoms with E-state index < -0.39 is 0 Å². The average molecular weight is 258 g/mol. The fourth-order valence-corrected chi connectivity index (χ4v) is 3.92.